The molecule has 0 fully saturated rings. The molecule has 0 heterocycles. The Morgan fingerprint density at radius 3 is 1.86 bits per heavy atom. The van der Waals surface area contributed by atoms with Gasteiger partial charge in [-0.15, -0.1) is 0 Å². The normalized spacial score (nSPS) is 14.3. The van der Waals surface area contributed by atoms with Gasteiger partial charge in [-0.25, -0.2) is 0 Å². The maximum absolute atomic E-state index is 11.5. The molecule has 0 aliphatic carbocycles. The minimum absolute atomic E-state index is 0.175. The lowest BCUT2D eigenvalue weighted by atomic mass is 9.93. The molecule has 84 valence electrons. The molecular formula is C12H25NO. The van der Waals surface area contributed by atoms with Crippen LogP contribution in [0.25, 0.3) is 0 Å². The van der Waals surface area contributed by atoms with Gasteiger partial charge in [0.05, 0.1) is 0 Å². The molecule has 0 saturated carbocycles. The van der Waals surface area contributed by atoms with E-state index in [1.54, 1.807) is 6.92 Å². The van der Waals surface area contributed by atoms with E-state index in [0.717, 1.165) is 6.54 Å². The lowest BCUT2D eigenvalue weighted by Gasteiger charge is -2.36. The number of carbonyl (C=O) groups is 1. The van der Waals surface area contributed by atoms with E-state index >= 15 is 0 Å². The molecule has 1 unspecified atom stereocenters. The summed E-state index contributed by atoms with van der Waals surface area (Å²) in [5, 5.41) is 0. The Labute approximate surface area is 88.7 Å². The summed E-state index contributed by atoms with van der Waals surface area (Å²) >= 11 is 0. The Morgan fingerprint density at radius 1 is 1.21 bits per heavy atom. The first-order chi connectivity index (χ1) is 6.15. The van der Waals surface area contributed by atoms with Crippen molar-refractivity contribution in [2.45, 2.75) is 54.5 Å². The number of amides is 1. The third kappa shape index (κ3) is 4.64. The molecule has 0 N–H and O–H groups in total. The van der Waals surface area contributed by atoms with Crippen LogP contribution in [-0.2, 0) is 4.79 Å². The molecule has 0 aliphatic rings. The lowest BCUT2D eigenvalue weighted by Crippen LogP contribution is -2.44. The highest BCUT2D eigenvalue weighted by molar-refractivity contribution is 5.73. The van der Waals surface area contributed by atoms with Crippen molar-refractivity contribution in [3.63, 3.8) is 0 Å². The summed E-state index contributed by atoms with van der Waals surface area (Å²) in [5.41, 5.74) is 0.175. The Morgan fingerprint density at radius 2 is 1.64 bits per heavy atom. The molecular weight excluding hydrogens is 174 g/mol. The summed E-state index contributed by atoms with van der Waals surface area (Å²) in [5.74, 6) is 0.697. The van der Waals surface area contributed by atoms with Gasteiger partial charge < -0.3 is 4.90 Å². The molecule has 1 atom stereocenters. The number of hydrogen-bond donors (Lipinski definition) is 0. The molecule has 2 nitrogen and oxygen atoms in total. The highest BCUT2D eigenvalue weighted by Gasteiger charge is 2.24. The molecule has 0 aromatic rings. The molecule has 0 aromatic carbocycles. The van der Waals surface area contributed by atoms with Crippen LogP contribution in [0, 0.1) is 11.3 Å². The molecule has 0 spiro atoms. The van der Waals surface area contributed by atoms with Gasteiger partial charge in [-0.3, -0.25) is 4.79 Å². The molecule has 0 rings (SSSR count). The first-order valence-corrected chi connectivity index (χ1v) is 5.42. The standard InChI is InChI=1S/C12H25NO/c1-9(2)10(3)13(11(4)14)8-12(5,6)7/h9-10H,8H2,1-7H3. The molecule has 0 bridgehead atoms. The van der Waals surface area contributed by atoms with E-state index < -0.39 is 0 Å². The summed E-state index contributed by atoms with van der Waals surface area (Å²) in [6.45, 7) is 15.4. The predicted octanol–water partition coefficient (Wildman–Crippen LogP) is 2.93. The number of hydrogen-bond acceptors (Lipinski definition) is 1. The van der Waals surface area contributed by atoms with Crippen LogP contribution in [0.5, 0.6) is 0 Å². The SMILES string of the molecule is CC(=O)N(CC(C)(C)C)C(C)C(C)C. The fraction of sp³-hybridized carbons (Fsp3) is 0.917. The van der Waals surface area contributed by atoms with Crippen LogP contribution in [0.4, 0.5) is 0 Å². The Bertz CT molecular complexity index is 191. The van der Waals surface area contributed by atoms with Crippen LogP contribution < -0.4 is 0 Å². The first-order valence-electron chi connectivity index (χ1n) is 5.42. The quantitative estimate of drug-likeness (QED) is 0.684. The smallest absolute Gasteiger partial charge is 0.219 e. The Balaban J connectivity index is 4.53. The third-order valence-corrected chi connectivity index (χ3v) is 2.51. The minimum Gasteiger partial charge on any atom is -0.339 e. The van der Waals surface area contributed by atoms with E-state index in [2.05, 4.69) is 41.5 Å². The minimum atomic E-state index is 0.175. The van der Waals surface area contributed by atoms with Crippen molar-refractivity contribution in [1.29, 1.82) is 0 Å². The molecule has 0 aliphatic heterocycles. The first kappa shape index (κ1) is 13.5. The summed E-state index contributed by atoms with van der Waals surface area (Å²) < 4.78 is 0. The van der Waals surface area contributed by atoms with Crippen LogP contribution in [0.1, 0.15) is 48.5 Å². The Hall–Kier alpha value is -0.530. The van der Waals surface area contributed by atoms with Gasteiger partial charge in [0.1, 0.15) is 0 Å². The van der Waals surface area contributed by atoms with Crippen molar-refractivity contribution in [3.05, 3.63) is 0 Å². The van der Waals surface area contributed by atoms with Crippen LogP contribution in [0.2, 0.25) is 0 Å². The predicted molar refractivity (Wildman–Crippen MR) is 61.1 cm³/mol. The zero-order valence-electron chi connectivity index (χ0n) is 10.7. The van der Waals surface area contributed by atoms with E-state index in [1.165, 1.54) is 0 Å². The fourth-order valence-corrected chi connectivity index (χ4v) is 1.41. The van der Waals surface area contributed by atoms with Gasteiger partial charge in [-0.1, -0.05) is 34.6 Å². The van der Waals surface area contributed by atoms with Gasteiger partial charge in [-0.2, -0.15) is 0 Å². The van der Waals surface area contributed by atoms with Gasteiger partial charge in [0.25, 0.3) is 0 Å². The highest BCUT2D eigenvalue weighted by atomic mass is 16.2. The fourth-order valence-electron chi connectivity index (χ4n) is 1.41. The lowest BCUT2D eigenvalue weighted by molar-refractivity contribution is -0.133. The largest absolute Gasteiger partial charge is 0.339 e. The topological polar surface area (TPSA) is 20.3 Å². The van der Waals surface area contributed by atoms with Crippen molar-refractivity contribution >= 4 is 5.91 Å². The van der Waals surface area contributed by atoms with E-state index in [4.69, 9.17) is 0 Å². The molecule has 14 heavy (non-hydrogen) atoms. The van der Waals surface area contributed by atoms with E-state index in [-0.39, 0.29) is 11.3 Å². The van der Waals surface area contributed by atoms with Gasteiger partial charge in [0.15, 0.2) is 0 Å². The average molecular weight is 199 g/mol. The Kier molecular flexibility index (Phi) is 4.63. The number of nitrogens with zero attached hydrogens (tertiary/aromatic N) is 1. The summed E-state index contributed by atoms with van der Waals surface area (Å²) in [4.78, 5) is 13.5. The van der Waals surface area contributed by atoms with Gasteiger partial charge >= 0.3 is 0 Å². The van der Waals surface area contributed by atoms with E-state index in [9.17, 15) is 4.79 Å². The zero-order chi connectivity index (χ0) is 11.5. The van der Waals surface area contributed by atoms with Gasteiger partial charge in [0, 0.05) is 19.5 Å². The van der Waals surface area contributed by atoms with Crippen LogP contribution in [-0.4, -0.2) is 23.4 Å². The monoisotopic (exact) mass is 199 g/mol. The molecule has 0 aromatic heterocycles. The van der Waals surface area contributed by atoms with Crippen molar-refractivity contribution in [1.82, 2.24) is 4.90 Å². The zero-order valence-corrected chi connectivity index (χ0v) is 10.7. The second-order valence-electron chi connectivity index (χ2n) is 5.69. The van der Waals surface area contributed by atoms with Crippen LogP contribution in [0.15, 0.2) is 0 Å². The molecule has 0 radical (unpaired) electrons. The summed E-state index contributed by atoms with van der Waals surface area (Å²) in [7, 11) is 0. The second kappa shape index (κ2) is 4.81. The second-order valence-corrected chi connectivity index (χ2v) is 5.69. The van der Waals surface area contributed by atoms with E-state index in [0.29, 0.717) is 12.0 Å². The van der Waals surface area contributed by atoms with Gasteiger partial charge in [-0.05, 0) is 18.3 Å². The van der Waals surface area contributed by atoms with Crippen molar-refractivity contribution < 1.29 is 4.79 Å². The van der Waals surface area contributed by atoms with E-state index in [1.807, 2.05) is 4.90 Å². The maximum Gasteiger partial charge on any atom is 0.219 e. The van der Waals surface area contributed by atoms with Crippen LogP contribution >= 0.6 is 0 Å². The number of carbonyl (C=O) groups excluding carboxylic acids is 1. The molecule has 0 saturated heterocycles. The van der Waals surface area contributed by atoms with Crippen LogP contribution in [0.3, 0.4) is 0 Å². The van der Waals surface area contributed by atoms with Crippen molar-refractivity contribution in [3.8, 4) is 0 Å². The average Bonchev–Trinajstić information content (AvgIpc) is 1.96. The third-order valence-electron chi connectivity index (χ3n) is 2.51. The van der Waals surface area contributed by atoms with Crippen molar-refractivity contribution in [2.24, 2.45) is 11.3 Å². The summed E-state index contributed by atoms with van der Waals surface area (Å²) in [6.07, 6.45) is 0. The number of rotatable bonds is 3. The molecule has 2 heteroatoms. The van der Waals surface area contributed by atoms with Crippen molar-refractivity contribution in [2.75, 3.05) is 6.54 Å². The maximum atomic E-state index is 11.5. The van der Waals surface area contributed by atoms with Gasteiger partial charge in [0.2, 0.25) is 5.91 Å². The summed E-state index contributed by atoms with van der Waals surface area (Å²) in [6, 6.07) is 0.326. The molecule has 1 amide bonds. The highest BCUT2D eigenvalue weighted by Crippen LogP contribution is 2.19.